The normalized spacial score (nSPS) is 38.8. The van der Waals surface area contributed by atoms with Crippen LogP contribution in [-0.4, -0.2) is 124 Å². The molecule has 12 fully saturated rings. The van der Waals surface area contributed by atoms with Gasteiger partial charge in [-0.15, -0.1) is 0 Å². The zero-order chi connectivity index (χ0) is 47.8. The Kier molecular flexibility index (Phi) is 12.2. The lowest BCUT2D eigenvalue weighted by Crippen LogP contribution is -2.65. The molecule has 18 heteroatoms. The zero-order valence-corrected chi connectivity index (χ0v) is 41.0. The maximum Gasteiger partial charge on any atom is 0.231 e. The highest BCUT2D eigenvalue weighted by Gasteiger charge is 2.64. The first kappa shape index (κ1) is 48.9. The van der Waals surface area contributed by atoms with Crippen molar-refractivity contribution < 1.29 is 45.4 Å². The molecule has 0 aromatic heterocycles. The molecular weight excluding hydrogens is 927 g/mol. The van der Waals surface area contributed by atoms with E-state index in [4.69, 9.17) is 0 Å². The fourth-order valence-electron chi connectivity index (χ4n) is 16.6. The maximum absolute atomic E-state index is 15.0. The predicted molar refractivity (Wildman–Crippen MR) is 261 cm³/mol. The fraction of sp³-hybridized carbons (Fsp3) is 0.725. The van der Waals surface area contributed by atoms with Crippen LogP contribution in [0.2, 0.25) is 0 Å². The molecule has 380 valence electrons. The maximum atomic E-state index is 15.0. The van der Waals surface area contributed by atoms with Gasteiger partial charge >= 0.3 is 0 Å². The van der Waals surface area contributed by atoms with E-state index in [-0.39, 0.29) is 53.9 Å². The molecule has 2 aromatic carbocycles. The molecule has 2 aromatic rings. The van der Waals surface area contributed by atoms with E-state index in [0.29, 0.717) is 73.1 Å². The number of piperidine rings is 2. The number of benzene rings is 2. The largest absolute Gasteiger partial charge is 0.393 e. The second kappa shape index (κ2) is 17.2. The zero-order valence-electron chi connectivity index (χ0n) is 39.3. The number of rotatable bonds is 8. The van der Waals surface area contributed by atoms with E-state index < -0.39 is 42.5 Å². The summed E-state index contributed by atoms with van der Waals surface area (Å²) in [6.07, 6.45) is 16.8. The van der Waals surface area contributed by atoms with Crippen molar-refractivity contribution in [3.8, 4) is 0 Å². The van der Waals surface area contributed by atoms with Crippen molar-refractivity contribution in [1.29, 1.82) is 0 Å². The Morgan fingerprint density at radius 3 is 1.26 bits per heavy atom. The Hall–Kier alpha value is -3.74. The van der Waals surface area contributed by atoms with Gasteiger partial charge < -0.3 is 29.8 Å². The molecule has 6 atom stereocenters. The van der Waals surface area contributed by atoms with Gasteiger partial charge in [-0.05, 0) is 163 Å². The van der Waals surface area contributed by atoms with Gasteiger partial charge in [0, 0.05) is 62.5 Å². The first-order chi connectivity index (χ1) is 32.1. The van der Waals surface area contributed by atoms with E-state index in [0.717, 1.165) is 128 Å². The third-order valence-electron chi connectivity index (χ3n) is 18.9. The molecule has 69 heavy (non-hydrogen) atoms. The number of carbonyl (C=O) groups excluding carboxylic acids is 2. The van der Waals surface area contributed by atoms with E-state index in [1.807, 2.05) is 9.80 Å². The molecule has 0 radical (unpaired) electrons. The summed E-state index contributed by atoms with van der Waals surface area (Å²) in [6.45, 7) is 3.85. The van der Waals surface area contributed by atoms with Crippen LogP contribution in [0.5, 0.6) is 0 Å². The van der Waals surface area contributed by atoms with Crippen LogP contribution in [0.3, 0.4) is 0 Å². The van der Waals surface area contributed by atoms with Crippen LogP contribution >= 0.6 is 0 Å². The number of hydrogen-bond donors (Lipinski definition) is 4. The van der Waals surface area contributed by atoms with E-state index in [2.05, 4.69) is 19.2 Å². The van der Waals surface area contributed by atoms with Crippen molar-refractivity contribution in [2.24, 2.45) is 46.3 Å². The van der Waals surface area contributed by atoms with Gasteiger partial charge in [0.05, 0.1) is 58.3 Å². The van der Waals surface area contributed by atoms with Crippen LogP contribution in [-0.2, 0) is 29.6 Å². The van der Waals surface area contributed by atoms with Crippen LogP contribution in [0, 0.1) is 58.0 Å². The van der Waals surface area contributed by atoms with Crippen molar-refractivity contribution in [3.63, 3.8) is 0 Å². The predicted octanol–water partition coefficient (Wildman–Crippen LogP) is 6.55. The van der Waals surface area contributed by atoms with Crippen molar-refractivity contribution in [3.05, 3.63) is 48.0 Å². The molecule has 14 nitrogen and oxygen atoms in total. The summed E-state index contributed by atoms with van der Waals surface area (Å²) in [6, 6.07) is 8.79. The van der Waals surface area contributed by atoms with E-state index >= 15 is 8.78 Å². The highest BCUT2D eigenvalue weighted by atomic mass is 32.2. The lowest BCUT2D eigenvalue weighted by atomic mass is 9.51. The van der Waals surface area contributed by atoms with Gasteiger partial charge in [-0.25, -0.2) is 25.6 Å². The molecule has 2 amide bonds. The van der Waals surface area contributed by atoms with Gasteiger partial charge in [-0.2, -0.15) is 0 Å². The molecule has 8 saturated carbocycles. The van der Waals surface area contributed by atoms with Gasteiger partial charge in [-0.1, -0.05) is 7.43 Å². The second-order valence-corrected chi connectivity index (χ2v) is 27.0. The Bertz CT molecular complexity index is 2400. The van der Waals surface area contributed by atoms with Crippen LogP contribution in [0.15, 0.2) is 36.4 Å². The summed E-state index contributed by atoms with van der Waals surface area (Å²) >= 11 is 0. The van der Waals surface area contributed by atoms with Crippen LogP contribution < -0.4 is 19.2 Å². The van der Waals surface area contributed by atoms with Gasteiger partial charge in [0.1, 0.15) is 11.6 Å². The lowest BCUT2D eigenvalue weighted by Gasteiger charge is -2.61. The summed E-state index contributed by atoms with van der Waals surface area (Å²) in [4.78, 5) is 36.3. The summed E-state index contributed by atoms with van der Waals surface area (Å²) in [5, 5.41) is 21.4. The molecule has 14 rings (SSSR count). The summed E-state index contributed by atoms with van der Waals surface area (Å²) < 4.78 is 80.6. The smallest absolute Gasteiger partial charge is 0.231 e. The number of carbonyl (C=O) groups is 2. The molecule has 8 aliphatic carbocycles. The average molecular weight is 999 g/mol. The summed E-state index contributed by atoms with van der Waals surface area (Å²) in [7, 11) is -6.96. The van der Waals surface area contributed by atoms with Crippen molar-refractivity contribution in [2.45, 2.75) is 133 Å². The molecule has 4 heterocycles. The first-order valence-corrected chi connectivity index (χ1v) is 29.0. The number of nitrogens with zero attached hydrogens (tertiary/aromatic N) is 4. The van der Waals surface area contributed by atoms with Gasteiger partial charge in [-0.3, -0.25) is 19.0 Å². The van der Waals surface area contributed by atoms with Crippen molar-refractivity contribution >= 4 is 54.6 Å². The quantitative estimate of drug-likeness (QED) is 0.227. The van der Waals surface area contributed by atoms with E-state index in [1.165, 1.54) is 12.1 Å². The van der Waals surface area contributed by atoms with E-state index in [9.17, 15) is 36.6 Å². The Balaban J connectivity index is 0.000000158. The molecule has 4 saturated heterocycles. The molecule has 6 unspecified atom stereocenters. The van der Waals surface area contributed by atoms with Crippen LogP contribution in [0.1, 0.15) is 110 Å². The Morgan fingerprint density at radius 2 is 0.928 bits per heavy atom. The minimum atomic E-state index is -3.48. The number of anilines is 4. The first-order valence-electron chi connectivity index (χ1n) is 25.2. The SMILES string of the molecule is C.CS(=O)(=O)Nc1ccc(N2CCCC3(CCN(C45CC6CC(C4)C(O)C(C6)C5)C3=O)C2)c(F)c1.CS(=O)(=O)Nc1ccc(N2CCCC3(CCN(C45CC6CC(C4)C(O)C(C6)C5)C3=O)C2)c(F)c1. The Labute approximate surface area is 407 Å². The molecule has 12 aliphatic rings. The van der Waals surface area contributed by atoms with Crippen LogP contribution in [0.4, 0.5) is 31.5 Å². The minimum Gasteiger partial charge on any atom is -0.393 e. The Morgan fingerprint density at radius 1 is 0.565 bits per heavy atom. The average Bonchev–Trinajstić information content (AvgIpc) is 3.74. The molecular formula is C51H72F2N6O8S2. The van der Waals surface area contributed by atoms with Gasteiger partial charge in [0.15, 0.2) is 0 Å². The van der Waals surface area contributed by atoms with E-state index in [1.54, 1.807) is 24.3 Å². The standard InChI is InChI=1S/2C25H34FN3O4S.CH4/c2*1-34(32,33)27-19-3-4-21(20(26)11-19)28-7-2-5-24(15-28)6-8-29(23(24)31)25-12-16-9-17(13-25)22(30)18(10-16)14-25;/h2*3-4,11,16-18,22,27,30H,2,5-10,12-15H2,1H3;1H4. The van der Waals surface area contributed by atoms with Gasteiger partial charge in [0.2, 0.25) is 31.9 Å². The number of aliphatic hydroxyl groups is 2. The van der Waals surface area contributed by atoms with Gasteiger partial charge in [0.25, 0.3) is 0 Å². The number of halogens is 2. The number of likely N-dealkylation sites (tertiary alicyclic amines) is 2. The number of aliphatic hydroxyl groups excluding tert-OH is 2. The van der Waals surface area contributed by atoms with Crippen molar-refractivity contribution in [2.75, 3.05) is 71.0 Å². The summed E-state index contributed by atoms with van der Waals surface area (Å²) in [5.74, 6) is 2.04. The topological polar surface area (TPSA) is 180 Å². The second-order valence-electron chi connectivity index (χ2n) is 23.5. The minimum absolute atomic E-state index is 0. The lowest BCUT2D eigenvalue weighted by molar-refractivity contribution is -0.168. The number of hydrogen-bond acceptors (Lipinski definition) is 10. The van der Waals surface area contributed by atoms with Crippen molar-refractivity contribution in [1.82, 2.24) is 9.80 Å². The summed E-state index contributed by atoms with van der Waals surface area (Å²) in [5.41, 5.74) is 0.0629. The third kappa shape index (κ3) is 8.59. The third-order valence-corrected chi connectivity index (χ3v) is 20.1. The molecule has 4 N–H and O–H groups in total. The van der Waals surface area contributed by atoms with Crippen LogP contribution in [0.25, 0.3) is 0 Å². The fourth-order valence-corrected chi connectivity index (χ4v) is 17.7. The molecule has 8 bridgehead atoms. The number of nitrogens with one attached hydrogen (secondary N) is 2. The number of amides is 2. The highest BCUT2D eigenvalue weighted by Crippen LogP contribution is 2.61. The monoisotopic (exact) mass is 998 g/mol. The highest BCUT2D eigenvalue weighted by molar-refractivity contribution is 7.92. The number of sulfonamides is 2. The molecule has 2 spiro atoms. The molecule has 4 aliphatic heterocycles.